The predicted octanol–water partition coefficient (Wildman–Crippen LogP) is 4.22. The second-order valence-electron chi connectivity index (χ2n) is 7.15. The van der Waals surface area contributed by atoms with Crippen LogP contribution in [0.25, 0.3) is 10.9 Å². The van der Waals surface area contributed by atoms with Crippen LogP contribution in [0.2, 0.25) is 0 Å². The molecule has 0 saturated carbocycles. The summed E-state index contributed by atoms with van der Waals surface area (Å²) in [5, 5.41) is 1.03. The number of fused-ring (bicyclic) bond motifs is 1. The Bertz CT molecular complexity index is 920. The molecule has 4 nitrogen and oxygen atoms in total. The Hall–Kier alpha value is -2.33. The fourth-order valence-corrected chi connectivity index (χ4v) is 4.34. The largest absolute Gasteiger partial charge is 0.358 e. The Morgan fingerprint density at radius 2 is 2.04 bits per heavy atom. The molecule has 0 spiro atoms. The summed E-state index contributed by atoms with van der Waals surface area (Å²) in [6.07, 6.45) is 4.34. The third-order valence-corrected chi connectivity index (χ3v) is 5.64. The Balaban J connectivity index is 1.68. The number of carbonyl (C=O) groups is 1. The minimum absolute atomic E-state index is 0.125. The van der Waals surface area contributed by atoms with Crippen LogP contribution < -0.4 is 0 Å². The second kappa shape index (κ2) is 6.19. The molecule has 1 fully saturated rings. The van der Waals surface area contributed by atoms with Crippen LogP contribution in [-0.2, 0) is 7.05 Å². The van der Waals surface area contributed by atoms with Gasteiger partial charge in [0.2, 0.25) is 0 Å². The van der Waals surface area contributed by atoms with Crippen LogP contribution in [-0.4, -0.2) is 32.8 Å². The summed E-state index contributed by atoms with van der Waals surface area (Å²) < 4.78 is 2.18. The van der Waals surface area contributed by atoms with E-state index in [1.54, 1.807) is 0 Å². The Kier molecular flexibility index (Phi) is 4.00. The van der Waals surface area contributed by atoms with Crippen molar-refractivity contribution in [3.05, 3.63) is 59.5 Å². The summed E-state index contributed by atoms with van der Waals surface area (Å²) in [7, 11) is 2.09. The molecule has 1 aliphatic heterocycles. The van der Waals surface area contributed by atoms with Gasteiger partial charge in [-0.3, -0.25) is 9.69 Å². The van der Waals surface area contributed by atoms with E-state index in [4.69, 9.17) is 0 Å². The number of H-pyrrole nitrogens is 1. The average molecular weight is 335 g/mol. The van der Waals surface area contributed by atoms with Crippen LogP contribution in [0.1, 0.15) is 47.6 Å². The lowest BCUT2D eigenvalue weighted by Crippen LogP contribution is -2.39. The van der Waals surface area contributed by atoms with Gasteiger partial charge in [0, 0.05) is 41.1 Å². The van der Waals surface area contributed by atoms with Crippen molar-refractivity contribution in [3.63, 3.8) is 0 Å². The number of Topliss-reactive ketones (excluding diaryl/α,β-unsaturated/α-hetero) is 1. The molecular weight excluding hydrogens is 310 g/mol. The van der Waals surface area contributed by atoms with E-state index < -0.39 is 0 Å². The number of rotatable bonds is 4. The normalized spacial score (nSPS) is 19.6. The van der Waals surface area contributed by atoms with Gasteiger partial charge in [0.1, 0.15) is 0 Å². The molecule has 0 amide bonds. The fraction of sp³-hybridized carbons (Fsp3) is 0.381. The molecule has 3 heterocycles. The SMILES string of the molecule is Cc1[nH]c2ccccc2c1C(=O)[C@@H](C)N1CCC[C@@H]1c1cccn1C. The quantitative estimate of drug-likeness (QED) is 0.725. The molecule has 0 radical (unpaired) electrons. The van der Waals surface area contributed by atoms with Gasteiger partial charge in [-0.05, 0) is 51.4 Å². The molecule has 2 aromatic heterocycles. The number of nitrogens with zero attached hydrogens (tertiary/aromatic N) is 2. The van der Waals surface area contributed by atoms with Crippen molar-refractivity contribution in [3.8, 4) is 0 Å². The molecule has 1 saturated heterocycles. The highest BCUT2D eigenvalue weighted by molar-refractivity contribution is 6.11. The van der Waals surface area contributed by atoms with Gasteiger partial charge in [0.25, 0.3) is 0 Å². The van der Waals surface area contributed by atoms with Gasteiger partial charge in [-0.15, -0.1) is 0 Å². The lowest BCUT2D eigenvalue weighted by atomic mass is 10.00. The Morgan fingerprint density at radius 1 is 1.24 bits per heavy atom. The summed E-state index contributed by atoms with van der Waals surface area (Å²) >= 11 is 0. The predicted molar refractivity (Wildman–Crippen MR) is 101 cm³/mol. The number of carbonyl (C=O) groups excluding carboxylic acids is 1. The summed E-state index contributed by atoms with van der Waals surface area (Å²) in [5.41, 5.74) is 4.15. The zero-order valence-corrected chi connectivity index (χ0v) is 15.1. The molecular formula is C21H25N3O. The van der Waals surface area contributed by atoms with E-state index in [-0.39, 0.29) is 11.8 Å². The molecule has 4 heteroatoms. The number of aromatic amines is 1. The van der Waals surface area contributed by atoms with Crippen molar-refractivity contribution in [2.75, 3.05) is 6.54 Å². The van der Waals surface area contributed by atoms with Crippen LogP contribution >= 0.6 is 0 Å². The third-order valence-electron chi connectivity index (χ3n) is 5.64. The maximum Gasteiger partial charge on any atom is 0.182 e. The number of hydrogen-bond acceptors (Lipinski definition) is 2. The number of likely N-dealkylation sites (tertiary alicyclic amines) is 1. The Morgan fingerprint density at radius 3 is 2.80 bits per heavy atom. The molecule has 4 rings (SSSR count). The first-order valence-electron chi connectivity index (χ1n) is 9.06. The number of benzene rings is 1. The zero-order chi connectivity index (χ0) is 17.6. The van der Waals surface area contributed by atoms with Crippen molar-refractivity contribution in [1.82, 2.24) is 14.5 Å². The van der Waals surface area contributed by atoms with Gasteiger partial charge in [-0.1, -0.05) is 18.2 Å². The van der Waals surface area contributed by atoms with Crippen molar-refractivity contribution < 1.29 is 4.79 Å². The first-order valence-corrected chi connectivity index (χ1v) is 9.06. The fourth-order valence-electron chi connectivity index (χ4n) is 4.34. The Labute approximate surface area is 148 Å². The lowest BCUT2D eigenvalue weighted by molar-refractivity contribution is 0.0817. The van der Waals surface area contributed by atoms with Crippen molar-refractivity contribution in [1.29, 1.82) is 0 Å². The minimum atomic E-state index is -0.125. The average Bonchev–Trinajstić information content (AvgIpc) is 3.30. The van der Waals surface area contributed by atoms with Crippen molar-refractivity contribution >= 4 is 16.7 Å². The van der Waals surface area contributed by atoms with E-state index in [0.29, 0.717) is 6.04 Å². The summed E-state index contributed by atoms with van der Waals surface area (Å²) in [5.74, 6) is 0.219. The van der Waals surface area contributed by atoms with E-state index in [2.05, 4.69) is 46.8 Å². The van der Waals surface area contributed by atoms with Crippen LogP contribution in [0, 0.1) is 6.92 Å². The molecule has 2 atom stereocenters. The molecule has 25 heavy (non-hydrogen) atoms. The monoisotopic (exact) mass is 335 g/mol. The highest BCUT2D eigenvalue weighted by Crippen LogP contribution is 2.35. The zero-order valence-electron chi connectivity index (χ0n) is 15.1. The molecule has 0 aliphatic carbocycles. The highest BCUT2D eigenvalue weighted by Gasteiger charge is 2.35. The van der Waals surface area contributed by atoms with Crippen LogP contribution in [0.4, 0.5) is 0 Å². The summed E-state index contributed by atoms with van der Waals surface area (Å²) in [4.78, 5) is 19.1. The van der Waals surface area contributed by atoms with Gasteiger partial charge in [0.15, 0.2) is 5.78 Å². The van der Waals surface area contributed by atoms with Crippen molar-refractivity contribution in [2.45, 2.75) is 38.8 Å². The van der Waals surface area contributed by atoms with E-state index in [1.165, 1.54) is 5.69 Å². The number of nitrogens with one attached hydrogen (secondary N) is 1. The van der Waals surface area contributed by atoms with Gasteiger partial charge >= 0.3 is 0 Å². The van der Waals surface area contributed by atoms with Crippen LogP contribution in [0.3, 0.4) is 0 Å². The first kappa shape index (κ1) is 16.2. The molecule has 1 aliphatic rings. The van der Waals surface area contributed by atoms with Gasteiger partial charge in [-0.25, -0.2) is 0 Å². The van der Waals surface area contributed by atoms with Crippen molar-refractivity contribution in [2.24, 2.45) is 7.05 Å². The topological polar surface area (TPSA) is 41.0 Å². The minimum Gasteiger partial charge on any atom is -0.358 e. The molecule has 0 unspecified atom stereocenters. The summed E-state index contributed by atoms with van der Waals surface area (Å²) in [6, 6.07) is 12.5. The van der Waals surface area contributed by atoms with Gasteiger partial charge in [-0.2, -0.15) is 0 Å². The molecule has 0 bridgehead atoms. The molecule has 130 valence electrons. The van der Waals surface area contributed by atoms with E-state index in [1.807, 2.05) is 31.2 Å². The smallest absolute Gasteiger partial charge is 0.182 e. The van der Waals surface area contributed by atoms with E-state index >= 15 is 0 Å². The lowest BCUT2D eigenvalue weighted by Gasteiger charge is -2.30. The van der Waals surface area contributed by atoms with Crippen LogP contribution in [0.5, 0.6) is 0 Å². The maximum atomic E-state index is 13.4. The number of para-hydroxylation sites is 1. The van der Waals surface area contributed by atoms with Gasteiger partial charge in [0.05, 0.1) is 12.1 Å². The second-order valence-corrected chi connectivity index (χ2v) is 7.15. The van der Waals surface area contributed by atoms with Crippen LogP contribution in [0.15, 0.2) is 42.6 Å². The van der Waals surface area contributed by atoms with E-state index in [9.17, 15) is 4.79 Å². The van der Waals surface area contributed by atoms with E-state index in [0.717, 1.165) is 41.5 Å². The van der Waals surface area contributed by atoms with Gasteiger partial charge < -0.3 is 9.55 Å². The highest BCUT2D eigenvalue weighted by atomic mass is 16.1. The number of aromatic nitrogens is 2. The number of hydrogen-bond donors (Lipinski definition) is 1. The summed E-state index contributed by atoms with van der Waals surface area (Å²) in [6.45, 7) is 5.04. The molecule has 1 N–H and O–H groups in total. The number of ketones is 1. The maximum absolute atomic E-state index is 13.4. The standard InChI is InChI=1S/C21H25N3O/c1-14-20(16-8-4-5-9-17(16)22-14)21(25)15(2)24-13-7-11-19(24)18-10-6-12-23(18)3/h4-6,8-10,12,15,19,22H,7,11,13H2,1-3H3/t15-,19-/m1/s1. The molecule has 1 aromatic carbocycles. The third kappa shape index (κ3) is 2.61. The molecule has 3 aromatic rings. The number of aryl methyl sites for hydroxylation is 2. The first-order chi connectivity index (χ1) is 12.1.